The maximum atomic E-state index is 12.5. The number of benzene rings is 2. The molecule has 2 N–H and O–H groups in total. The maximum Gasteiger partial charge on any atom is 0.231 e. The van der Waals surface area contributed by atoms with Gasteiger partial charge in [0.05, 0.1) is 5.92 Å². The van der Waals surface area contributed by atoms with E-state index in [1.165, 1.54) is 5.56 Å². The molecule has 3 rings (SSSR count). The van der Waals surface area contributed by atoms with Crippen molar-refractivity contribution >= 4 is 11.6 Å². The molecule has 0 spiro atoms. The van der Waals surface area contributed by atoms with E-state index >= 15 is 0 Å². The number of hydrogen-bond donors (Lipinski definition) is 2. The third-order valence-corrected chi connectivity index (χ3v) is 4.16. The van der Waals surface area contributed by atoms with Crippen LogP contribution in [0.15, 0.2) is 42.5 Å². The predicted octanol–water partition coefficient (Wildman–Crippen LogP) is 3.76. The summed E-state index contributed by atoms with van der Waals surface area (Å²) >= 11 is 0. The largest absolute Gasteiger partial charge is 0.508 e. The van der Waals surface area contributed by atoms with Crippen LogP contribution in [0, 0.1) is 6.92 Å². The molecule has 0 aromatic heterocycles. The van der Waals surface area contributed by atoms with Gasteiger partial charge in [-0.15, -0.1) is 0 Å². The van der Waals surface area contributed by atoms with Crippen molar-refractivity contribution in [2.45, 2.75) is 32.1 Å². The summed E-state index contributed by atoms with van der Waals surface area (Å²) in [4.78, 5) is 12.5. The van der Waals surface area contributed by atoms with Crippen LogP contribution in [0.1, 0.15) is 35.4 Å². The zero-order valence-corrected chi connectivity index (χ0v) is 12.1. The Hall–Kier alpha value is -2.29. The van der Waals surface area contributed by atoms with E-state index in [0.29, 0.717) is 5.69 Å². The molecule has 0 radical (unpaired) electrons. The first-order valence-corrected chi connectivity index (χ1v) is 7.33. The van der Waals surface area contributed by atoms with Crippen molar-refractivity contribution in [3.8, 4) is 5.75 Å². The Morgan fingerprint density at radius 2 is 2.05 bits per heavy atom. The molecule has 2 aromatic carbocycles. The van der Waals surface area contributed by atoms with Crippen molar-refractivity contribution in [1.82, 2.24) is 0 Å². The second kappa shape index (κ2) is 5.60. The molecule has 0 aliphatic heterocycles. The Morgan fingerprint density at radius 1 is 1.24 bits per heavy atom. The fourth-order valence-corrected chi connectivity index (χ4v) is 2.94. The minimum absolute atomic E-state index is 0.00500. The van der Waals surface area contributed by atoms with Crippen LogP contribution in [0.5, 0.6) is 5.75 Å². The number of anilines is 1. The highest BCUT2D eigenvalue weighted by Gasteiger charge is 2.26. The molecule has 108 valence electrons. The number of aromatic hydroxyl groups is 1. The second-order valence-corrected chi connectivity index (χ2v) is 5.63. The van der Waals surface area contributed by atoms with Gasteiger partial charge in [0.2, 0.25) is 5.91 Å². The molecular formula is C18H19NO2. The van der Waals surface area contributed by atoms with Gasteiger partial charge in [-0.2, -0.15) is 0 Å². The average Bonchev–Trinajstić information content (AvgIpc) is 2.50. The molecule has 2 aromatic rings. The third-order valence-electron chi connectivity index (χ3n) is 4.16. The lowest BCUT2D eigenvalue weighted by Gasteiger charge is -2.24. The Kier molecular flexibility index (Phi) is 3.65. The van der Waals surface area contributed by atoms with Crippen molar-refractivity contribution in [3.63, 3.8) is 0 Å². The zero-order valence-electron chi connectivity index (χ0n) is 12.1. The molecule has 0 saturated carbocycles. The summed E-state index contributed by atoms with van der Waals surface area (Å²) < 4.78 is 0. The van der Waals surface area contributed by atoms with Crippen molar-refractivity contribution in [3.05, 3.63) is 59.2 Å². The summed E-state index contributed by atoms with van der Waals surface area (Å²) in [5.74, 6) is 0.112. The van der Waals surface area contributed by atoms with Gasteiger partial charge in [0.25, 0.3) is 0 Å². The number of carbonyl (C=O) groups excluding carboxylic acids is 1. The van der Waals surface area contributed by atoms with E-state index in [0.717, 1.165) is 30.4 Å². The topological polar surface area (TPSA) is 49.3 Å². The normalized spacial score (nSPS) is 17.1. The molecule has 21 heavy (non-hydrogen) atoms. The van der Waals surface area contributed by atoms with E-state index in [9.17, 15) is 9.90 Å². The predicted molar refractivity (Wildman–Crippen MR) is 83.6 cm³/mol. The molecule has 0 bridgehead atoms. The van der Waals surface area contributed by atoms with E-state index in [-0.39, 0.29) is 17.6 Å². The van der Waals surface area contributed by atoms with Gasteiger partial charge in [0.15, 0.2) is 0 Å². The van der Waals surface area contributed by atoms with Crippen LogP contribution >= 0.6 is 0 Å². The van der Waals surface area contributed by atoms with Gasteiger partial charge in [-0.1, -0.05) is 30.3 Å². The molecule has 1 atom stereocenters. The average molecular weight is 281 g/mol. The highest BCUT2D eigenvalue weighted by molar-refractivity contribution is 5.96. The van der Waals surface area contributed by atoms with Gasteiger partial charge < -0.3 is 10.4 Å². The van der Waals surface area contributed by atoms with Gasteiger partial charge >= 0.3 is 0 Å². The van der Waals surface area contributed by atoms with E-state index in [1.54, 1.807) is 12.1 Å². The molecule has 1 unspecified atom stereocenters. The van der Waals surface area contributed by atoms with Crippen LogP contribution in [-0.2, 0) is 11.2 Å². The number of phenolic OH excluding ortho intramolecular Hbond substituents is 1. The van der Waals surface area contributed by atoms with Crippen molar-refractivity contribution < 1.29 is 9.90 Å². The smallest absolute Gasteiger partial charge is 0.231 e. The number of phenols is 1. The fourth-order valence-electron chi connectivity index (χ4n) is 2.94. The number of hydrogen-bond acceptors (Lipinski definition) is 2. The van der Waals surface area contributed by atoms with Gasteiger partial charge in [-0.05, 0) is 48.9 Å². The van der Waals surface area contributed by atoms with Crippen molar-refractivity contribution in [2.75, 3.05) is 5.32 Å². The summed E-state index contributed by atoms with van der Waals surface area (Å²) in [7, 11) is 0. The number of aryl methyl sites for hydroxylation is 2. The van der Waals surface area contributed by atoms with E-state index in [4.69, 9.17) is 0 Å². The molecule has 0 fully saturated rings. The molecule has 1 aliphatic rings. The first-order valence-electron chi connectivity index (χ1n) is 7.33. The Labute approximate surface area is 124 Å². The summed E-state index contributed by atoms with van der Waals surface area (Å²) in [6.45, 7) is 1.83. The van der Waals surface area contributed by atoms with Gasteiger partial charge in [-0.3, -0.25) is 4.79 Å². The van der Waals surface area contributed by atoms with Crippen LogP contribution < -0.4 is 5.32 Å². The number of carbonyl (C=O) groups is 1. The van der Waals surface area contributed by atoms with Crippen LogP contribution in [-0.4, -0.2) is 11.0 Å². The molecule has 3 heteroatoms. The van der Waals surface area contributed by atoms with Gasteiger partial charge in [-0.25, -0.2) is 0 Å². The van der Waals surface area contributed by atoms with E-state index in [1.807, 2.05) is 31.2 Å². The monoisotopic (exact) mass is 281 g/mol. The third kappa shape index (κ3) is 2.77. The molecule has 3 nitrogen and oxygen atoms in total. The summed E-state index contributed by atoms with van der Waals surface area (Å²) in [5, 5.41) is 12.7. The molecular weight excluding hydrogens is 262 g/mol. The first kappa shape index (κ1) is 13.7. The van der Waals surface area contributed by atoms with Crippen LogP contribution in [0.4, 0.5) is 5.69 Å². The Morgan fingerprint density at radius 3 is 2.86 bits per heavy atom. The lowest BCUT2D eigenvalue weighted by atomic mass is 9.82. The first-order chi connectivity index (χ1) is 10.1. The minimum atomic E-state index is -0.0987. The number of fused-ring (bicyclic) bond motifs is 1. The second-order valence-electron chi connectivity index (χ2n) is 5.63. The van der Waals surface area contributed by atoms with Crippen LogP contribution in [0.3, 0.4) is 0 Å². The molecule has 0 heterocycles. The quantitative estimate of drug-likeness (QED) is 0.880. The highest BCUT2D eigenvalue weighted by atomic mass is 16.3. The Balaban J connectivity index is 1.81. The molecule has 1 amide bonds. The standard InChI is InChI=1S/C18H19NO2/c1-12-9-10-14(11-17(12)20)19-18(21)16-8-4-6-13-5-2-3-7-15(13)16/h2-3,5,7,9-11,16,20H,4,6,8H2,1H3,(H,19,21). The SMILES string of the molecule is Cc1ccc(NC(=O)C2CCCc3ccccc32)cc1O. The molecule has 0 saturated heterocycles. The number of nitrogens with one attached hydrogen (secondary N) is 1. The van der Waals surface area contributed by atoms with Crippen LogP contribution in [0.2, 0.25) is 0 Å². The lowest BCUT2D eigenvalue weighted by Crippen LogP contribution is -2.24. The van der Waals surface area contributed by atoms with E-state index in [2.05, 4.69) is 11.4 Å². The highest BCUT2D eigenvalue weighted by Crippen LogP contribution is 2.32. The number of rotatable bonds is 2. The van der Waals surface area contributed by atoms with E-state index < -0.39 is 0 Å². The van der Waals surface area contributed by atoms with Crippen molar-refractivity contribution in [2.24, 2.45) is 0 Å². The number of amides is 1. The van der Waals surface area contributed by atoms with Crippen LogP contribution in [0.25, 0.3) is 0 Å². The van der Waals surface area contributed by atoms with Gasteiger partial charge in [0.1, 0.15) is 5.75 Å². The lowest BCUT2D eigenvalue weighted by molar-refractivity contribution is -0.117. The zero-order chi connectivity index (χ0) is 14.8. The van der Waals surface area contributed by atoms with Crippen molar-refractivity contribution in [1.29, 1.82) is 0 Å². The molecule has 1 aliphatic carbocycles. The summed E-state index contributed by atoms with van der Waals surface area (Å²) in [6, 6.07) is 13.4. The maximum absolute atomic E-state index is 12.5. The Bertz CT molecular complexity index is 679. The summed E-state index contributed by atoms with van der Waals surface area (Å²) in [5.41, 5.74) is 3.86. The minimum Gasteiger partial charge on any atom is -0.508 e. The fraction of sp³-hybridized carbons (Fsp3) is 0.278. The summed E-state index contributed by atoms with van der Waals surface area (Å²) in [6.07, 6.45) is 2.96. The van der Waals surface area contributed by atoms with Gasteiger partial charge in [0, 0.05) is 11.8 Å².